The first-order chi connectivity index (χ1) is 14.4. The van der Waals surface area contributed by atoms with E-state index in [9.17, 15) is 13.2 Å². The number of rotatable bonds is 6. The molecule has 7 nitrogen and oxygen atoms in total. The Morgan fingerprint density at radius 1 is 1.26 bits per heavy atom. The Morgan fingerprint density at radius 3 is 2.61 bits per heavy atom. The summed E-state index contributed by atoms with van der Waals surface area (Å²) in [7, 11) is -2.22. The second kappa shape index (κ2) is 8.42. The fraction of sp³-hybridized carbons (Fsp3) is 0.435. The summed E-state index contributed by atoms with van der Waals surface area (Å²) in [6.07, 6.45) is 1.66. The molecular formula is C23H30N2O5S. The molecule has 0 saturated heterocycles. The van der Waals surface area contributed by atoms with Crippen LogP contribution in [0.25, 0.3) is 0 Å². The van der Waals surface area contributed by atoms with E-state index in [2.05, 4.69) is 5.32 Å². The number of carbonyl (C=O) groups is 1. The third-order valence-corrected chi connectivity index (χ3v) is 6.58. The fourth-order valence-electron chi connectivity index (χ4n) is 3.94. The van der Waals surface area contributed by atoms with Gasteiger partial charge in [-0.2, -0.15) is 0 Å². The molecule has 1 amide bonds. The minimum Gasteiger partial charge on any atom is -0.497 e. The average Bonchev–Trinajstić information content (AvgIpc) is 2.65. The summed E-state index contributed by atoms with van der Waals surface area (Å²) in [6.45, 7) is 7.51. The van der Waals surface area contributed by atoms with Crippen LogP contribution >= 0.6 is 0 Å². The highest BCUT2D eigenvalue weighted by atomic mass is 32.2. The van der Waals surface area contributed by atoms with Crippen molar-refractivity contribution in [2.45, 2.75) is 51.8 Å². The van der Waals surface area contributed by atoms with Crippen LogP contribution in [0.1, 0.15) is 44.4 Å². The summed E-state index contributed by atoms with van der Waals surface area (Å²) < 4.78 is 37.6. The third-order valence-electron chi connectivity index (χ3n) is 5.34. The molecule has 31 heavy (non-hydrogen) atoms. The first kappa shape index (κ1) is 22.9. The number of anilines is 1. The molecule has 0 unspecified atom stereocenters. The highest BCUT2D eigenvalue weighted by Gasteiger charge is 2.37. The van der Waals surface area contributed by atoms with Gasteiger partial charge in [-0.15, -0.1) is 0 Å². The van der Waals surface area contributed by atoms with Gasteiger partial charge in [0.1, 0.15) is 23.1 Å². The van der Waals surface area contributed by atoms with Crippen molar-refractivity contribution in [3.63, 3.8) is 0 Å². The molecule has 0 bridgehead atoms. The van der Waals surface area contributed by atoms with E-state index in [-0.39, 0.29) is 11.9 Å². The Labute approximate surface area is 184 Å². The molecule has 1 heterocycles. The van der Waals surface area contributed by atoms with Gasteiger partial charge in [-0.05, 0) is 51.5 Å². The van der Waals surface area contributed by atoms with Crippen LogP contribution in [0, 0.1) is 6.92 Å². The van der Waals surface area contributed by atoms with E-state index in [1.807, 2.05) is 39.0 Å². The number of methoxy groups -OCH3 is 1. The van der Waals surface area contributed by atoms with Gasteiger partial charge in [0, 0.05) is 18.1 Å². The normalized spacial score (nSPS) is 18.3. The van der Waals surface area contributed by atoms with Gasteiger partial charge in [0.2, 0.25) is 15.9 Å². The number of ether oxygens (including phenoxy) is 2. The number of nitrogens with zero attached hydrogens (tertiary/aromatic N) is 1. The molecule has 2 aromatic carbocycles. The maximum atomic E-state index is 13.2. The lowest BCUT2D eigenvalue weighted by Crippen LogP contribution is -2.50. The van der Waals surface area contributed by atoms with Crippen LogP contribution in [0.5, 0.6) is 11.5 Å². The van der Waals surface area contributed by atoms with E-state index in [1.165, 1.54) is 7.11 Å². The van der Waals surface area contributed by atoms with E-state index in [0.717, 1.165) is 27.4 Å². The van der Waals surface area contributed by atoms with Gasteiger partial charge in [-0.1, -0.05) is 18.2 Å². The van der Waals surface area contributed by atoms with E-state index in [0.29, 0.717) is 17.9 Å². The van der Waals surface area contributed by atoms with Gasteiger partial charge in [0.15, 0.2) is 0 Å². The number of hydrogen-bond acceptors (Lipinski definition) is 5. The Balaban J connectivity index is 1.91. The maximum Gasteiger partial charge on any atom is 0.244 e. The van der Waals surface area contributed by atoms with Gasteiger partial charge in [-0.25, -0.2) is 8.42 Å². The first-order valence-electron chi connectivity index (χ1n) is 10.1. The van der Waals surface area contributed by atoms with E-state index < -0.39 is 21.7 Å². The van der Waals surface area contributed by atoms with E-state index >= 15 is 0 Å². The molecule has 2 atom stereocenters. The Morgan fingerprint density at radius 2 is 1.97 bits per heavy atom. The smallest absolute Gasteiger partial charge is 0.244 e. The average molecular weight is 447 g/mol. The van der Waals surface area contributed by atoms with Crippen LogP contribution in [-0.4, -0.2) is 39.3 Å². The summed E-state index contributed by atoms with van der Waals surface area (Å²) in [6, 6.07) is 11.3. The molecule has 168 valence electrons. The summed E-state index contributed by atoms with van der Waals surface area (Å²) in [4.78, 5) is 13.2. The van der Waals surface area contributed by atoms with Crippen molar-refractivity contribution in [1.29, 1.82) is 0 Å². The lowest BCUT2D eigenvalue weighted by Gasteiger charge is -2.39. The standard InChI is InChI=1S/C23H30N2O5S/c1-15-10-11-19-20(14-23(3,4)30-21(19)12-15)24-22(26)16(2)25(31(6,27)28)17-8-7-9-18(13-17)29-5/h7-13,16,20H,14H2,1-6H3,(H,24,26)/t16-,20+/m0/s1. The molecule has 1 N–H and O–H groups in total. The predicted octanol–water partition coefficient (Wildman–Crippen LogP) is 3.58. The second-order valence-electron chi connectivity index (χ2n) is 8.60. The van der Waals surface area contributed by atoms with Gasteiger partial charge >= 0.3 is 0 Å². The van der Waals surface area contributed by atoms with Crippen LogP contribution in [0.15, 0.2) is 42.5 Å². The number of fused-ring (bicyclic) bond motifs is 1. The zero-order chi connectivity index (χ0) is 23.0. The minimum atomic E-state index is -3.72. The molecule has 1 aliphatic heterocycles. The quantitative estimate of drug-likeness (QED) is 0.733. The molecule has 8 heteroatoms. The Kier molecular flexibility index (Phi) is 6.23. The van der Waals surface area contributed by atoms with Crippen LogP contribution in [0.2, 0.25) is 0 Å². The number of aryl methyl sites for hydroxylation is 1. The van der Waals surface area contributed by atoms with Crippen LogP contribution in [-0.2, 0) is 14.8 Å². The van der Waals surface area contributed by atoms with Gasteiger partial charge < -0.3 is 14.8 Å². The third kappa shape index (κ3) is 5.12. The SMILES string of the molecule is COc1cccc(N([C@@H](C)C(=O)N[C@@H]2CC(C)(C)Oc3cc(C)ccc32)S(C)(=O)=O)c1. The number of carbonyl (C=O) groups excluding carboxylic acids is 1. The lowest BCUT2D eigenvalue weighted by molar-refractivity contribution is -0.123. The summed E-state index contributed by atoms with van der Waals surface area (Å²) in [5.41, 5.74) is 1.85. The van der Waals surface area contributed by atoms with Crippen molar-refractivity contribution >= 4 is 21.6 Å². The Bertz CT molecular complexity index is 1080. The molecule has 0 aromatic heterocycles. The van der Waals surface area contributed by atoms with Gasteiger partial charge in [0.05, 0.1) is 25.1 Å². The fourth-order valence-corrected chi connectivity index (χ4v) is 5.10. The van der Waals surface area contributed by atoms with Gasteiger partial charge in [-0.3, -0.25) is 9.10 Å². The summed E-state index contributed by atoms with van der Waals surface area (Å²) in [5.74, 6) is 0.860. The molecule has 0 spiro atoms. The van der Waals surface area contributed by atoms with Crippen LogP contribution in [0.3, 0.4) is 0 Å². The molecule has 3 rings (SSSR count). The number of sulfonamides is 1. The second-order valence-corrected chi connectivity index (χ2v) is 10.5. The largest absolute Gasteiger partial charge is 0.497 e. The molecule has 2 aromatic rings. The van der Waals surface area contributed by atoms with Crippen LogP contribution in [0.4, 0.5) is 5.69 Å². The summed E-state index contributed by atoms with van der Waals surface area (Å²) in [5, 5.41) is 3.04. The molecule has 1 aliphatic rings. The molecular weight excluding hydrogens is 416 g/mol. The zero-order valence-electron chi connectivity index (χ0n) is 18.8. The van der Waals surface area contributed by atoms with Crippen molar-refractivity contribution in [2.24, 2.45) is 0 Å². The van der Waals surface area contributed by atoms with Gasteiger partial charge in [0.25, 0.3) is 0 Å². The van der Waals surface area contributed by atoms with Crippen molar-refractivity contribution in [3.05, 3.63) is 53.6 Å². The van der Waals surface area contributed by atoms with E-state index in [4.69, 9.17) is 9.47 Å². The maximum absolute atomic E-state index is 13.2. The van der Waals surface area contributed by atoms with Crippen LogP contribution < -0.4 is 19.1 Å². The van der Waals surface area contributed by atoms with Crippen molar-refractivity contribution in [2.75, 3.05) is 17.7 Å². The number of amides is 1. The highest BCUT2D eigenvalue weighted by molar-refractivity contribution is 7.92. The highest BCUT2D eigenvalue weighted by Crippen LogP contribution is 2.40. The predicted molar refractivity (Wildman–Crippen MR) is 121 cm³/mol. The molecule has 0 fully saturated rings. The molecule has 0 saturated carbocycles. The summed E-state index contributed by atoms with van der Waals surface area (Å²) >= 11 is 0. The first-order valence-corrected chi connectivity index (χ1v) is 12.0. The Hall–Kier alpha value is -2.74. The van der Waals surface area contributed by atoms with Crippen molar-refractivity contribution in [1.82, 2.24) is 5.32 Å². The minimum absolute atomic E-state index is 0.291. The number of benzene rings is 2. The number of nitrogens with one attached hydrogen (secondary N) is 1. The van der Waals surface area contributed by atoms with E-state index in [1.54, 1.807) is 31.2 Å². The molecule has 0 aliphatic carbocycles. The molecule has 0 radical (unpaired) electrons. The monoisotopic (exact) mass is 446 g/mol. The lowest BCUT2D eigenvalue weighted by atomic mass is 9.89. The van der Waals surface area contributed by atoms with Crippen molar-refractivity contribution in [3.8, 4) is 11.5 Å². The number of hydrogen-bond donors (Lipinski definition) is 1. The van der Waals surface area contributed by atoms with Crippen molar-refractivity contribution < 1.29 is 22.7 Å². The topological polar surface area (TPSA) is 84.9 Å². The zero-order valence-corrected chi connectivity index (χ0v) is 19.6.